The van der Waals surface area contributed by atoms with Crippen LogP contribution in [0.1, 0.15) is 44.3 Å². The first-order valence-corrected chi connectivity index (χ1v) is 9.33. The number of aliphatic hydroxyl groups excluding tert-OH is 1. The first kappa shape index (κ1) is 16.5. The average molecular weight is 360 g/mol. The highest BCUT2D eigenvalue weighted by Gasteiger charge is 2.73. The molecule has 2 aliphatic heterocycles. The van der Waals surface area contributed by atoms with Gasteiger partial charge in [0.05, 0.1) is 35.6 Å². The Labute approximate surface area is 151 Å². The molecule has 2 N–H and O–H groups in total. The van der Waals surface area contributed by atoms with Gasteiger partial charge in [0.2, 0.25) is 0 Å². The number of aliphatic hydroxyl groups is 2. The van der Waals surface area contributed by atoms with Crippen molar-refractivity contribution < 1.29 is 28.9 Å². The van der Waals surface area contributed by atoms with E-state index in [2.05, 4.69) is 0 Å². The van der Waals surface area contributed by atoms with E-state index in [1.54, 1.807) is 12.5 Å². The van der Waals surface area contributed by atoms with Crippen molar-refractivity contribution in [2.24, 2.45) is 22.7 Å². The first-order chi connectivity index (χ1) is 12.4. The summed E-state index contributed by atoms with van der Waals surface area (Å²) >= 11 is 0. The molecule has 0 amide bonds. The van der Waals surface area contributed by atoms with E-state index in [1.807, 2.05) is 25.1 Å². The van der Waals surface area contributed by atoms with Crippen LogP contribution in [0, 0.1) is 22.7 Å². The number of fused-ring (bicyclic) bond motifs is 2. The van der Waals surface area contributed by atoms with Crippen LogP contribution in [0.3, 0.4) is 0 Å². The summed E-state index contributed by atoms with van der Waals surface area (Å²) in [5, 5.41) is 22.8. The normalized spacial score (nSPS) is 49.9. The molecule has 1 aromatic rings. The second-order valence-corrected chi connectivity index (χ2v) is 8.57. The molecule has 3 fully saturated rings. The van der Waals surface area contributed by atoms with Crippen LogP contribution < -0.4 is 0 Å². The molecule has 0 bridgehead atoms. The highest BCUT2D eigenvalue weighted by Crippen LogP contribution is 2.68. The van der Waals surface area contributed by atoms with Crippen molar-refractivity contribution in [3.63, 3.8) is 0 Å². The molecule has 4 aliphatic rings. The maximum atomic E-state index is 12.3. The molecular formula is C20H24O6. The molecule has 0 radical (unpaired) electrons. The van der Waals surface area contributed by atoms with Gasteiger partial charge in [-0.2, -0.15) is 0 Å². The molecule has 7 atom stereocenters. The zero-order valence-corrected chi connectivity index (χ0v) is 14.8. The Balaban J connectivity index is 1.61. The Hall–Kier alpha value is -1.63. The summed E-state index contributed by atoms with van der Waals surface area (Å²) in [7, 11) is 0. The second-order valence-electron chi connectivity index (χ2n) is 8.57. The number of rotatable bonds is 1. The molecule has 0 unspecified atom stereocenters. The van der Waals surface area contributed by atoms with Crippen LogP contribution in [0.25, 0.3) is 0 Å². The van der Waals surface area contributed by atoms with Crippen LogP contribution >= 0.6 is 0 Å². The zero-order valence-electron chi connectivity index (χ0n) is 14.8. The zero-order chi connectivity index (χ0) is 18.2. The van der Waals surface area contributed by atoms with Crippen LogP contribution in [0.4, 0.5) is 0 Å². The SMILES string of the molecule is C[C@]12C[C@H](c3ccoc3)O[C@@H](O)[C@@H]1CC[C@@]13COC(=O)[C@@H]1C=CC[C@@]32O. The Bertz CT molecular complexity index is 756. The fraction of sp³-hybridized carbons (Fsp3) is 0.650. The lowest BCUT2D eigenvalue weighted by Gasteiger charge is -2.65. The fourth-order valence-corrected chi connectivity index (χ4v) is 6.23. The third-order valence-electron chi connectivity index (χ3n) is 7.72. The first-order valence-electron chi connectivity index (χ1n) is 9.33. The maximum absolute atomic E-state index is 12.3. The van der Waals surface area contributed by atoms with E-state index in [1.165, 1.54) is 0 Å². The molecule has 3 heterocycles. The van der Waals surface area contributed by atoms with E-state index < -0.39 is 28.6 Å². The van der Waals surface area contributed by atoms with Crippen molar-refractivity contribution in [1.29, 1.82) is 0 Å². The summed E-state index contributed by atoms with van der Waals surface area (Å²) < 4.78 is 16.5. The number of cyclic esters (lactones) is 1. The lowest BCUT2D eigenvalue weighted by atomic mass is 9.42. The molecule has 140 valence electrons. The summed E-state index contributed by atoms with van der Waals surface area (Å²) in [5.74, 6) is -0.851. The predicted molar refractivity (Wildman–Crippen MR) is 89.6 cm³/mol. The molecule has 2 aliphatic carbocycles. The van der Waals surface area contributed by atoms with E-state index in [0.717, 1.165) is 5.56 Å². The lowest BCUT2D eigenvalue weighted by Crippen LogP contribution is -2.70. The van der Waals surface area contributed by atoms with Crippen LogP contribution in [-0.4, -0.2) is 34.7 Å². The van der Waals surface area contributed by atoms with Gasteiger partial charge in [0.25, 0.3) is 0 Å². The molecule has 6 nitrogen and oxygen atoms in total. The Morgan fingerprint density at radius 2 is 2.19 bits per heavy atom. The van der Waals surface area contributed by atoms with Gasteiger partial charge in [0.1, 0.15) is 6.61 Å². The number of carbonyl (C=O) groups excluding carboxylic acids is 1. The number of esters is 1. The van der Waals surface area contributed by atoms with Crippen LogP contribution in [0.2, 0.25) is 0 Å². The van der Waals surface area contributed by atoms with E-state index in [0.29, 0.717) is 25.7 Å². The minimum atomic E-state index is -1.14. The van der Waals surface area contributed by atoms with Crippen molar-refractivity contribution in [2.45, 2.75) is 50.6 Å². The summed E-state index contributed by atoms with van der Waals surface area (Å²) in [4.78, 5) is 12.3. The molecule has 6 heteroatoms. The van der Waals surface area contributed by atoms with E-state index in [-0.39, 0.29) is 24.6 Å². The summed E-state index contributed by atoms with van der Waals surface area (Å²) in [5.41, 5.74) is -1.51. The largest absolute Gasteiger partial charge is 0.472 e. The molecule has 1 spiro atoms. The minimum absolute atomic E-state index is 0.191. The summed E-state index contributed by atoms with van der Waals surface area (Å²) in [6, 6.07) is 1.83. The number of ether oxygens (including phenoxy) is 2. The van der Waals surface area contributed by atoms with Gasteiger partial charge in [-0.15, -0.1) is 0 Å². The van der Waals surface area contributed by atoms with E-state index >= 15 is 0 Å². The standard InChI is InChI=1S/C20H24O6/c1-18-9-15(12-5-8-24-10-12)26-17(22)13(18)4-7-19-11-25-16(21)14(19)3-2-6-20(18,19)23/h2-3,5,8,10,13-15,17,22-23H,4,6-7,9,11H2,1H3/t13-,14-,15+,17+,18-,19+,20-/m0/s1. The molecule has 1 aromatic heterocycles. The van der Waals surface area contributed by atoms with Crippen molar-refractivity contribution in [3.05, 3.63) is 36.3 Å². The topological polar surface area (TPSA) is 89.1 Å². The average Bonchev–Trinajstić information content (AvgIpc) is 3.24. The number of carbonyl (C=O) groups is 1. The molecule has 2 saturated heterocycles. The van der Waals surface area contributed by atoms with Gasteiger partial charge in [-0.3, -0.25) is 4.79 Å². The highest BCUT2D eigenvalue weighted by atomic mass is 16.6. The maximum Gasteiger partial charge on any atom is 0.313 e. The third-order valence-corrected chi connectivity index (χ3v) is 7.72. The van der Waals surface area contributed by atoms with E-state index in [9.17, 15) is 15.0 Å². The number of hydrogen-bond acceptors (Lipinski definition) is 6. The molecule has 5 rings (SSSR count). The predicted octanol–water partition coefficient (Wildman–Crippen LogP) is 2.33. The van der Waals surface area contributed by atoms with E-state index in [4.69, 9.17) is 13.9 Å². The Kier molecular flexibility index (Phi) is 3.31. The lowest BCUT2D eigenvalue weighted by molar-refractivity contribution is -0.319. The molecule has 1 saturated carbocycles. The summed E-state index contributed by atoms with van der Waals surface area (Å²) in [6.45, 7) is 2.28. The second kappa shape index (κ2) is 5.21. The van der Waals surface area contributed by atoms with Crippen molar-refractivity contribution >= 4 is 5.97 Å². The summed E-state index contributed by atoms with van der Waals surface area (Å²) in [6.07, 6.45) is 8.03. The Morgan fingerprint density at radius 1 is 1.35 bits per heavy atom. The molecule has 26 heavy (non-hydrogen) atoms. The van der Waals surface area contributed by atoms with Crippen molar-refractivity contribution in [2.75, 3.05) is 6.61 Å². The fourth-order valence-electron chi connectivity index (χ4n) is 6.23. The minimum Gasteiger partial charge on any atom is -0.472 e. The van der Waals surface area contributed by atoms with Crippen molar-refractivity contribution in [3.8, 4) is 0 Å². The quantitative estimate of drug-likeness (QED) is 0.590. The van der Waals surface area contributed by atoms with Gasteiger partial charge in [0.15, 0.2) is 6.29 Å². The van der Waals surface area contributed by atoms with Gasteiger partial charge in [-0.25, -0.2) is 0 Å². The highest BCUT2D eigenvalue weighted by molar-refractivity contribution is 5.78. The monoisotopic (exact) mass is 360 g/mol. The molecule has 0 aromatic carbocycles. The third kappa shape index (κ3) is 1.80. The van der Waals surface area contributed by atoms with Crippen LogP contribution in [-0.2, 0) is 14.3 Å². The number of furan rings is 1. The van der Waals surface area contributed by atoms with Crippen molar-refractivity contribution in [1.82, 2.24) is 0 Å². The number of hydrogen-bond donors (Lipinski definition) is 2. The Morgan fingerprint density at radius 3 is 2.96 bits per heavy atom. The van der Waals surface area contributed by atoms with Gasteiger partial charge >= 0.3 is 5.97 Å². The van der Waals surface area contributed by atoms with Gasteiger partial charge < -0.3 is 24.1 Å². The van der Waals surface area contributed by atoms with Crippen LogP contribution in [0.5, 0.6) is 0 Å². The van der Waals surface area contributed by atoms with Gasteiger partial charge in [0, 0.05) is 16.9 Å². The smallest absolute Gasteiger partial charge is 0.313 e. The van der Waals surface area contributed by atoms with Gasteiger partial charge in [-0.05, 0) is 31.7 Å². The van der Waals surface area contributed by atoms with Crippen LogP contribution in [0.15, 0.2) is 35.2 Å². The van der Waals surface area contributed by atoms with Gasteiger partial charge in [-0.1, -0.05) is 19.1 Å². The molecular weight excluding hydrogens is 336 g/mol.